The fourth-order valence-electron chi connectivity index (χ4n) is 6.19. The van der Waals surface area contributed by atoms with E-state index in [1.165, 1.54) is 154 Å². The highest BCUT2D eigenvalue weighted by Gasteiger charge is 2.14. The summed E-state index contributed by atoms with van der Waals surface area (Å²) in [6, 6.07) is 0. The van der Waals surface area contributed by atoms with Gasteiger partial charge in [0.05, 0.1) is 0 Å². The van der Waals surface area contributed by atoms with E-state index in [0.717, 1.165) is 51.4 Å². The number of carbonyl (C=O) groups is 2. The molecule has 1 N–H and O–H groups in total. The Morgan fingerprint density at radius 1 is 0.419 bits per heavy atom. The van der Waals surface area contributed by atoms with E-state index in [4.69, 9.17) is 9.84 Å². The van der Waals surface area contributed by atoms with Gasteiger partial charge in [0.15, 0.2) is 0 Å². The molecule has 0 aromatic rings. The zero-order chi connectivity index (χ0) is 31.5. The van der Waals surface area contributed by atoms with Gasteiger partial charge in [-0.2, -0.15) is 0 Å². The smallest absolute Gasteiger partial charge is 0.306 e. The molecule has 0 aliphatic heterocycles. The Morgan fingerprint density at radius 3 is 1.02 bits per heavy atom. The van der Waals surface area contributed by atoms with Crippen LogP contribution in [0, 0.1) is 0 Å². The van der Waals surface area contributed by atoms with Gasteiger partial charge in [0.25, 0.3) is 0 Å². The summed E-state index contributed by atoms with van der Waals surface area (Å²) in [7, 11) is 0. The molecule has 0 aliphatic rings. The molecule has 0 spiro atoms. The van der Waals surface area contributed by atoms with E-state index in [0.29, 0.717) is 12.8 Å². The lowest BCUT2D eigenvalue weighted by atomic mass is 10.0. The first-order chi connectivity index (χ1) is 21.1. The van der Waals surface area contributed by atoms with Gasteiger partial charge in [0.2, 0.25) is 0 Å². The van der Waals surface area contributed by atoms with E-state index in [-0.39, 0.29) is 12.1 Å². The first-order valence-corrected chi connectivity index (χ1v) is 19.5. The summed E-state index contributed by atoms with van der Waals surface area (Å²) < 4.78 is 6.04. The number of unbranched alkanes of at least 4 members (excludes halogenated alkanes) is 27. The van der Waals surface area contributed by atoms with Crippen LogP contribution in [0.4, 0.5) is 0 Å². The molecule has 0 fully saturated rings. The molecule has 0 saturated carbocycles. The zero-order valence-electron chi connectivity index (χ0n) is 29.3. The van der Waals surface area contributed by atoms with Crippen molar-refractivity contribution in [3.05, 3.63) is 0 Å². The lowest BCUT2D eigenvalue weighted by Gasteiger charge is -2.18. The molecule has 1 unspecified atom stereocenters. The van der Waals surface area contributed by atoms with Crippen molar-refractivity contribution in [2.24, 2.45) is 0 Å². The van der Waals surface area contributed by atoms with Crippen LogP contribution < -0.4 is 0 Å². The largest absolute Gasteiger partial charge is 0.481 e. The fraction of sp³-hybridized carbons (Fsp3) is 0.949. The molecule has 0 radical (unpaired) electrons. The molecule has 1 atom stereocenters. The van der Waals surface area contributed by atoms with Gasteiger partial charge in [0, 0.05) is 12.8 Å². The van der Waals surface area contributed by atoms with E-state index in [2.05, 4.69) is 13.8 Å². The van der Waals surface area contributed by atoms with Gasteiger partial charge in [0.1, 0.15) is 6.10 Å². The molecule has 4 nitrogen and oxygen atoms in total. The summed E-state index contributed by atoms with van der Waals surface area (Å²) in [5.41, 5.74) is 0. The van der Waals surface area contributed by atoms with Gasteiger partial charge in [-0.25, -0.2) is 0 Å². The standard InChI is InChI=1S/C39H76O4/c1-3-5-7-9-11-13-15-16-18-24-28-32-36-39(42)43-37(33-29-25-21-17-14-12-10-8-6-4-2)34-30-26-22-19-20-23-27-31-35-38(40)41/h37H,3-36H2,1-2H3,(H,40,41). The molecule has 0 saturated heterocycles. The maximum absolute atomic E-state index is 12.7. The Labute approximate surface area is 269 Å². The van der Waals surface area contributed by atoms with Crippen molar-refractivity contribution in [3.63, 3.8) is 0 Å². The van der Waals surface area contributed by atoms with Crippen LogP contribution >= 0.6 is 0 Å². The lowest BCUT2D eigenvalue weighted by Crippen LogP contribution is -2.18. The minimum Gasteiger partial charge on any atom is -0.481 e. The van der Waals surface area contributed by atoms with E-state index in [1.54, 1.807) is 0 Å². The number of ether oxygens (including phenoxy) is 1. The van der Waals surface area contributed by atoms with Gasteiger partial charge in [-0.1, -0.05) is 181 Å². The minimum absolute atomic E-state index is 0.0329. The van der Waals surface area contributed by atoms with Gasteiger partial charge in [-0.3, -0.25) is 9.59 Å². The van der Waals surface area contributed by atoms with Crippen LogP contribution in [0.25, 0.3) is 0 Å². The number of aliphatic carboxylic acids is 1. The van der Waals surface area contributed by atoms with Gasteiger partial charge < -0.3 is 9.84 Å². The monoisotopic (exact) mass is 609 g/mol. The van der Waals surface area contributed by atoms with Crippen molar-refractivity contribution >= 4 is 11.9 Å². The van der Waals surface area contributed by atoms with Crippen molar-refractivity contribution < 1.29 is 19.4 Å². The minimum atomic E-state index is -0.679. The molecule has 0 bridgehead atoms. The van der Waals surface area contributed by atoms with Crippen LogP contribution in [-0.2, 0) is 14.3 Å². The number of carboxylic acids is 1. The zero-order valence-corrected chi connectivity index (χ0v) is 29.3. The molecule has 0 rings (SSSR count). The van der Waals surface area contributed by atoms with E-state index in [1.807, 2.05) is 0 Å². The number of carbonyl (C=O) groups excluding carboxylic acids is 1. The predicted molar refractivity (Wildman–Crippen MR) is 186 cm³/mol. The van der Waals surface area contributed by atoms with Crippen molar-refractivity contribution in [1.82, 2.24) is 0 Å². The first kappa shape index (κ1) is 41.9. The molecule has 256 valence electrons. The summed E-state index contributed by atoms with van der Waals surface area (Å²) in [5.74, 6) is -0.646. The lowest BCUT2D eigenvalue weighted by molar-refractivity contribution is -0.150. The third kappa shape index (κ3) is 35.3. The topological polar surface area (TPSA) is 63.6 Å². The summed E-state index contributed by atoms with van der Waals surface area (Å²) in [6.07, 6.45) is 41.2. The molecule has 0 aliphatic carbocycles. The Morgan fingerprint density at radius 2 is 0.698 bits per heavy atom. The second-order valence-electron chi connectivity index (χ2n) is 13.5. The maximum Gasteiger partial charge on any atom is 0.306 e. The number of hydrogen-bond acceptors (Lipinski definition) is 3. The average Bonchev–Trinajstić information content (AvgIpc) is 2.99. The quantitative estimate of drug-likeness (QED) is 0.0567. The summed E-state index contributed by atoms with van der Waals surface area (Å²) >= 11 is 0. The number of carboxylic acid groups (broad SMARTS) is 1. The van der Waals surface area contributed by atoms with Gasteiger partial charge >= 0.3 is 11.9 Å². The number of hydrogen-bond donors (Lipinski definition) is 1. The van der Waals surface area contributed by atoms with E-state index >= 15 is 0 Å². The third-order valence-electron chi connectivity index (χ3n) is 9.08. The van der Waals surface area contributed by atoms with Crippen molar-refractivity contribution in [3.8, 4) is 0 Å². The van der Waals surface area contributed by atoms with Crippen LogP contribution in [-0.4, -0.2) is 23.1 Å². The molecule has 0 aromatic carbocycles. The van der Waals surface area contributed by atoms with Crippen molar-refractivity contribution in [2.75, 3.05) is 0 Å². The SMILES string of the molecule is CCCCCCCCCCCCCCC(=O)OC(CCCCCCCCCCCC)CCCCCCCCCCC(=O)O. The van der Waals surface area contributed by atoms with E-state index < -0.39 is 5.97 Å². The molecule has 0 heterocycles. The highest BCUT2D eigenvalue weighted by Crippen LogP contribution is 2.19. The second-order valence-corrected chi connectivity index (χ2v) is 13.5. The highest BCUT2D eigenvalue weighted by atomic mass is 16.5. The first-order valence-electron chi connectivity index (χ1n) is 19.5. The normalized spacial score (nSPS) is 12.0. The average molecular weight is 609 g/mol. The number of esters is 1. The Bertz CT molecular complexity index is 576. The van der Waals surface area contributed by atoms with Crippen LogP contribution in [0.1, 0.15) is 232 Å². The van der Waals surface area contributed by atoms with Crippen molar-refractivity contribution in [2.45, 2.75) is 238 Å². The molecule has 0 amide bonds. The Balaban J connectivity index is 4.05. The molecule has 0 aromatic heterocycles. The molecule has 43 heavy (non-hydrogen) atoms. The predicted octanol–water partition coefficient (Wildman–Crippen LogP) is 13.3. The highest BCUT2D eigenvalue weighted by molar-refractivity contribution is 5.69. The van der Waals surface area contributed by atoms with Crippen LogP contribution in [0.3, 0.4) is 0 Å². The summed E-state index contributed by atoms with van der Waals surface area (Å²) in [4.78, 5) is 23.3. The fourth-order valence-corrected chi connectivity index (χ4v) is 6.19. The molecular formula is C39H76O4. The molecule has 4 heteroatoms. The van der Waals surface area contributed by atoms with E-state index in [9.17, 15) is 9.59 Å². The van der Waals surface area contributed by atoms with Gasteiger partial charge in [-0.05, 0) is 38.5 Å². The second kappa shape index (κ2) is 35.4. The number of rotatable bonds is 36. The van der Waals surface area contributed by atoms with Crippen molar-refractivity contribution in [1.29, 1.82) is 0 Å². The summed E-state index contributed by atoms with van der Waals surface area (Å²) in [6.45, 7) is 4.55. The summed E-state index contributed by atoms with van der Waals surface area (Å²) in [5, 5.41) is 8.74. The Hall–Kier alpha value is -1.06. The third-order valence-corrected chi connectivity index (χ3v) is 9.08. The molecular weight excluding hydrogens is 532 g/mol. The van der Waals surface area contributed by atoms with Crippen LogP contribution in [0.5, 0.6) is 0 Å². The maximum atomic E-state index is 12.7. The van der Waals surface area contributed by atoms with Crippen LogP contribution in [0.15, 0.2) is 0 Å². The van der Waals surface area contributed by atoms with Gasteiger partial charge in [-0.15, -0.1) is 0 Å². The van der Waals surface area contributed by atoms with Crippen LogP contribution in [0.2, 0.25) is 0 Å². The Kier molecular flexibility index (Phi) is 34.5.